The number of anilines is 1. The smallest absolute Gasteiger partial charge is 0.226 e. The molecule has 3 aromatic rings. The van der Waals surface area contributed by atoms with E-state index in [1.165, 1.54) is 6.33 Å². The van der Waals surface area contributed by atoms with E-state index in [1.807, 2.05) is 24.3 Å². The molecule has 120 valence electrons. The van der Waals surface area contributed by atoms with E-state index in [4.69, 9.17) is 23.2 Å². The summed E-state index contributed by atoms with van der Waals surface area (Å²) < 4.78 is 1.73. The number of fused-ring (bicyclic) bond motifs is 1. The molecule has 1 aromatic heterocycles. The third-order valence-corrected chi connectivity index (χ3v) is 4.45. The summed E-state index contributed by atoms with van der Waals surface area (Å²) in [7, 11) is 0. The van der Waals surface area contributed by atoms with Gasteiger partial charge in [0.05, 0.1) is 5.70 Å². The number of aromatic hydroxyl groups is 1. The molecule has 2 heterocycles. The summed E-state index contributed by atoms with van der Waals surface area (Å²) in [5, 5.41) is 18.7. The number of rotatable bonds is 2. The lowest BCUT2D eigenvalue weighted by atomic mass is 10.0. The molecule has 4 rings (SSSR count). The SMILES string of the molecule is Oc1ccccc1C1=CC(c2ccc(Cl)cc2Cl)n2ncnc2N1. The molecule has 0 saturated carbocycles. The van der Waals surface area contributed by atoms with Crippen LogP contribution >= 0.6 is 23.2 Å². The minimum atomic E-state index is -0.261. The molecule has 1 atom stereocenters. The molecular formula is C17H12Cl2N4O. The van der Waals surface area contributed by atoms with Gasteiger partial charge in [0.2, 0.25) is 5.95 Å². The highest BCUT2D eigenvalue weighted by molar-refractivity contribution is 6.35. The van der Waals surface area contributed by atoms with E-state index in [1.54, 1.807) is 28.9 Å². The van der Waals surface area contributed by atoms with Crippen LogP contribution in [-0.2, 0) is 0 Å². The fraction of sp³-hybridized carbons (Fsp3) is 0.0588. The second kappa shape index (κ2) is 5.85. The topological polar surface area (TPSA) is 63.0 Å². The van der Waals surface area contributed by atoms with Crippen molar-refractivity contribution in [2.45, 2.75) is 6.04 Å². The van der Waals surface area contributed by atoms with Gasteiger partial charge in [-0.05, 0) is 35.9 Å². The van der Waals surface area contributed by atoms with Gasteiger partial charge in [0.15, 0.2) is 0 Å². The Hall–Kier alpha value is -2.50. The predicted molar refractivity (Wildman–Crippen MR) is 94.3 cm³/mol. The lowest BCUT2D eigenvalue weighted by Crippen LogP contribution is -2.20. The van der Waals surface area contributed by atoms with E-state index in [-0.39, 0.29) is 11.8 Å². The fourth-order valence-corrected chi connectivity index (χ4v) is 3.28. The molecule has 0 radical (unpaired) electrons. The third kappa shape index (κ3) is 2.52. The molecule has 1 aliphatic heterocycles. The van der Waals surface area contributed by atoms with Crippen LogP contribution in [0.4, 0.5) is 5.95 Å². The number of halogens is 2. The molecular weight excluding hydrogens is 347 g/mol. The Morgan fingerprint density at radius 2 is 1.96 bits per heavy atom. The van der Waals surface area contributed by atoms with Crippen molar-refractivity contribution in [3.63, 3.8) is 0 Å². The van der Waals surface area contributed by atoms with Gasteiger partial charge in [-0.3, -0.25) is 0 Å². The van der Waals surface area contributed by atoms with Gasteiger partial charge in [0.1, 0.15) is 18.1 Å². The van der Waals surface area contributed by atoms with Crippen LogP contribution in [0, 0.1) is 0 Å². The summed E-state index contributed by atoms with van der Waals surface area (Å²) in [6.07, 6.45) is 3.42. The Kier molecular flexibility index (Phi) is 3.67. The lowest BCUT2D eigenvalue weighted by molar-refractivity contribution is 0.473. The minimum Gasteiger partial charge on any atom is -0.507 e. The first-order valence-electron chi connectivity index (χ1n) is 7.25. The first-order valence-corrected chi connectivity index (χ1v) is 8.01. The second-order valence-corrected chi connectivity index (χ2v) is 6.21. The maximum Gasteiger partial charge on any atom is 0.226 e. The molecule has 0 fully saturated rings. The first-order chi connectivity index (χ1) is 11.6. The van der Waals surface area contributed by atoms with E-state index in [9.17, 15) is 5.11 Å². The molecule has 0 spiro atoms. The summed E-state index contributed by atoms with van der Waals surface area (Å²) in [6, 6.07) is 12.2. The number of nitrogens with zero attached hydrogens (tertiary/aromatic N) is 3. The number of nitrogens with one attached hydrogen (secondary N) is 1. The number of phenols is 1. The van der Waals surface area contributed by atoms with Crippen LogP contribution in [0.15, 0.2) is 54.9 Å². The molecule has 0 saturated heterocycles. The third-order valence-electron chi connectivity index (χ3n) is 3.88. The van der Waals surface area contributed by atoms with Crippen LogP contribution in [0.5, 0.6) is 5.75 Å². The highest BCUT2D eigenvalue weighted by Crippen LogP contribution is 2.37. The van der Waals surface area contributed by atoms with Gasteiger partial charge >= 0.3 is 0 Å². The minimum absolute atomic E-state index is 0.185. The van der Waals surface area contributed by atoms with E-state index in [2.05, 4.69) is 15.4 Å². The molecule has 5 nitrogen and oxygen atoms in total. The van der Waals surface area contributed by atoms with Crippen LogP contribution in [-0.4, -0.2) is 19.9 Å². The van der Waals surface area contributed by atoms with Gasteiger partial charge < -0.3 is 10.4 Å². The highest BCUT2D eigenvalue weighted by Gasteiger charge is 2.25. The number of para-hydroxylation sites is 1. The molecule has 2 N–H and O–H groups in total. The number of benzene rings is 2. The van der Waals surface area contributed by atoms with Gasteiger partial charge in [-0.15, -0.1) is 0 Å². The summed E-state index contributed by atoms with van der Waals surface area (Å²) in [6.45, 7) is 0. The molecule has 0 bridgehead atoms. The molecule has 24 heavy (non-hydrogen) atoms. The van der Waals surface area contributed by atoms with Gasteiger partial charge in [0.25, 0.3) is 0 Å². The van der Waals surface area contributed by atoms with E-state index in [0.29, 0.717) is 21.6 Å². The number of phenolic OH excluding ortho intramolecular Hbond substituents is 1. The largest absolute Gasteiger partial charge is 0.507 e. The van der Waals surface area contributed by atoms with Crippen molar-refractivity contribution < 1.29 is 5.11 Å². The Bertz CT molecular complexity index is 951. The van der Waals surface area contributed by atoms with Crippen molar-refractivity contribution in [2.75, 3.05) is 5.32 Å². The zero-order valence-corrected chi connectivity index (χ0v) is 13.8. The zero-order valence-electron chi connectivity index (χ0n) is 12.3. The van der Waals surface area contributed by atoms with E-state index < -0.39 is 0 Å². The Labute approximate surface area is 148 Å². The fourth-order valence-electron chi connectivity index (χ4n) is 2.76. The van der Waals surface area contributed by atoms with Crippen LogP contribution in [0.3, 0.4) is 0 Å². The van der Waals surface area contributed by atoms with Crippen molar-refractivity contribution in [1.29, 1.82) is 0 Å². The van der Waals surface area contributed by atoms with Crippen LogP contribution in [0.1, 0.15) is 17.2 Å². The maximum absolute atomic E-state index is 10.1. The van der Waals surface area contributed by atoms with Crippen LogP contribution in [0.25, 0.3) is 5.70 Å². The van der Waals surface area contributed by atoms with E-state index >= 15 is 0 Å². The summed E-state index contributed by atoms with van der Waals surface area (Å²) in [5.41, 5.74) is 2.27. The van der Waals surface area contributed by atoms with Crippen LogP contribution < -0.4 is 5.32 Å². The standard InChI is InChI=1S/C17H12Cl2N4O/c18-10-5-6-11(13(19)7-10)15-8-14(12-3-1-2-4-16(12)24)22-17-20-9-21-23(15)17/h1-9,15,24H,(H,20,21,22). The summed E-state index contributed by atoms with van der Waals surface area (Å²) in [4.78, 5) is 4.23. The van der Waals surface area contributed by atoms with Gasteiger partial charge in [-0.2, -0.15) is 10.1 Å². The Morgan fingerprint density at radius 1 is 1.12 bits per heavy atom. The number of aromatic nitrogens is 3. The Morgan fingerprint density at radius 3 is 2.75 bits per heavy atom. The summed E-state index contributed by atoms with van der Waals surface area (Å²) >= 11 is 12.4. The van der Waals surface area contributed by atoms with E-state index in [0.717, 1.165) is 11.3 Å². The molecule has 7 heteroatoms. The average molecular weight is 359 g/mol. The van der Waals surface area contributed by atoms with Crippen molar-refractivity contribution in [1.82, 2.24) is 14.8 Å². The maximum atomic E-state index is 10.1. The highest BCUT2D eigenvalue weighted by atomic mass is 35.5. The monoisotopic (exact) mass is 358 g/mol. The van der Waals surface area contributed by atoms with Gasteiger partial charge in [-0.1, -0.05) is 41.4 Å². The zero-order chi connectivity index (χ0) is 16.7. The number of hydrogen-bond acceptors (Lipinski definition) is 4. The molecule has 1 unspecified atom stereocenters. The predicted octanol–water partition coefficient (Wildman–Crippen LogP) is 4.35. The molecule has 0 amide bonds. The molecule has 1 aliphatic rings. The number of allylic oxidation sites excluding steroid dienone is 1. The van der Waals surface area contributed by atoms with Crippen LogP contribution in [0.2, 0.25) is 10.0 Å². The molecule has 0 aliphatic carbocycles. The molecule has 2 aromatic carbocycles. The van der Waals surface area contributed by atoms with Crippen molar-refractivity contribution in [3.05, 3.63) is 76.0 Å². The second-order valence-electron chi connectivity index (χ2n) is 5.36. The Balaban J connectivity index is 1.87. The number of hydrogen-bond donors (Lipinski definition) is 2. The summed E-state index contributed by atoms with van der Waals surface area (Å²) in [5.74, 6) is 0.761. The van der Waals surface area contributed by atoms with Crippen molar-refractivity contribution >= 4 is 34.8 Å². The van der Waals surface area contributed by atoms with Gasteiger partial charge in [-0.25, -0.2) is 4.68 Å². The normalized spacial score (nSPS) is 16.2. The average Bonchev–Trinajstić information content (AvgIpc) is 3.03. The van der Waals surface area contributed by atoms with Crippen molar-refractivity contribution in [2.24, 2.45) is 0 Å². The van der Waals surface area contributed by atoms with Gasteiger partial charge in [0, 0.05) is 15.6 Å². The quantitative estimate of drug-likeness (QED) is 0.714. The lowest BCUT2D eigenvalue weighted by Gasteiger charge is -2.25. The first kappa shape index (κ1) is 15.1. The van der Waals surface area contributed by atoms with Crippen molar-refractivity contribution in [3.8, 4) is 5.75 Å².